The van der Waals surface area contributed by atoms with Crippen LogP contribution in [-0.2, 0) is 12.1 Å². The average molecular weight is 399 g/mol. The highest BCUT2D eigenvalue weighted by Gasteiger charge is 2.51. The number of rotatable bonds is 3. The molecule has 0 bridgehead atoms. The maximum absolute atomic E-state index is 14.4. The van der Waals surface area contributed by atoms with Gasteiger partial charge in [-0.1, -0.05) is 12.1 Å². The van der Waals surface area contributed by atoms with E-state index in [1.54, 1.807) is 43.3 Å². The molecule has 4 rings (SSSR count). The van der Waals surface area contributed by atoms with E-state index in [2.05, 4.69) is 0 Å². The Morgan fingerprint density at radius 2 is 2.07 bits per heavy atom. The molecule has 2 amide bonds. The number of carbonyl (C=O) groups excluding carboxylic acids is 2. The summed E-state index contributed by atoms with van der Waals surface area (Å²) in [6.07, 6.45) is 1.35. The summed E-state index contributed by atoms with van der Waals surface area (Å²) >= 11 is 0. The van der Waals surface area contributed by atoms with Crippen molar-refractivity contribution in [3.63, 3.8) is 0 Å². The van der Waals surface area contributed by atoms with Gasteiger partial charge in [0.2, 0.25) is 0 Å². The van der Waals surface area contributed by atoms with Crippen LogP contribution in [0.1, 0.15) is 30.4 Å². The minimum Gasteiger partial charge on any atom is -0.410 e. The van der Waals surface area contributed by atoms with Crippen molar-refractivity contribution >= 4 is 17.9 Å². The van der Waals surface area contributed by atoms with Crippen LogP contribution >= 0.6 is 0 Å². The van der Waals surface area contributed by atoms with E-state index in [1.165, 1.54) is 11.0 Å². The second-order valence-electron chi connectivity index (χ2n) is 7.58. The molecule has 1 spiro atoms. The molecule has 29 heavy (non-hydrogen) atoms. The van der Waals surface area contributed by atoms with Gasteiger partial charge in [-0.05, 0) is 37.5 Å². The van der Waals surface area contributed by atoms with Crippen molar-refractivity contribution < 1.29 is 23.5 Å². The molecular formula is C21H22FN3O4. The van der Waals surface area contributed by atoms with Crippen molar-refractivity contribution in [2.75, 3.05) is 19.8 Å². The van der Waals surface area contributed by atoms with Crippen LogP contribution in [0.5, 0.6) is 11.5 Å². The first-order valence-electron chi connectivity index (χ1n) is 9.38. The summed E-state index contributed by atoms with van der Waals surface area (Å²) in [5.41, 5.74) is 6.33. The van der Waals surface area contributed by atoms with Gasteiger partial charge in [0.05, 0.1) is 17.8 Å². The number of fused-ring (bicyclic) bond motifs is 2. The van der Waals surface area contributed by atoms with Gasteiger partial charge in [-0.3, -0.25) is 4.90 Å². The lowest BCUT2D eigenvalue weighted by Crippen LogP contribution is -2.57. The first-order chi connectivity index (χ1) is 13.8. The second kappa shape index (κ2) is 6.95. The second-order valence-corrected chi connectivity index (χ2v) is 7.58. The molecule has 0 atom stereocenters. The van der Waals surface area contributed by atoms with Gasteiger partial charge in [-0.2, -0.15) is 0 Å². The molecule has 2 N–H and O–H groups in total. The molecule has 1 fully saturated rings. The van der Waals surface area contributed by atoms with Gasteiger partial charge in [0.25, 0.3) is 0 Å². The molecule has 1 saturated carbocycles. The highest BCUT2D eigenvalue weighted by atomic mass is 19.1. The molecule has 2 aliphatic rings. The number of nitrogens with two attached hydrogens (primary N) is 1. The van der Waals surface area contributed by atoms with Crippen molar-refractivity contribution in [1.82, 2.24) is 9.80 Å². The number of halogens is 1. The summed E-state index contributed by atoms with van der Waals surface area (Å²) in [5, 5.41) is 0. The van der Waals surface area contributed by atoms with E-state index in [-0.39, 0.29) is 12.2 Å². The Balaban J connectivity index is 1.67. The van der Waals surface area contributed by atoms with E-state index in [1.807, 2.05) is 6.07 Å². The number of hydrogen-bond acceptors (Lipinski definition) is 5. The number of nitrogens with zero attached hydrogens (tertiary/aromatic N) is 2. The summed E-state index contributed by atoms with van der Waals surface area (Å²) in [5.74, 6) is 0.134. The average Bonchev–Trinajstić information content (AvgIpc) is 2.64. The third-order valence-electron chi connectivity index (χ3n) is 5.58. The van der Waals surface area contributed by atoms with Crippen molar-refractivity contribution in [3.8, 4) is 11.5 Å². The van der Waals surface area contributed by atoms with Crippen LogP contribution in [0.15, 0.2) is 36.4 Å². The molecule has 0 unspecified atom stereocenters. The van der Waals surface area contributed by atoms with E-state index in [0.29, 0.717) is 17.1 Å². The van der Waals surface area contributed by atoms with Crippen LogP contribution < -0.4 is 15.2 Å². The zero-order valence-electron chi connectivity index (χ0n) is 16.3. The van der Waals surface area contributed by atoms with Gasteiger partial charge in [-0.15, -0.1) is 0 Å². The predicted molar refractivity (Wildman–Crippen MR) is 104 cm³/mol. The van der Waals surface area contributed by atoms with E-state index < -0.39 is 23.5 Å². The quantitative estimate of drug-likeness (QED) is 0.792. The number of carbonyl (C=O) groups is 2. The van der Waals surface area contributed by atoms with E-state index in [0.717, 1.165) is 24.8 Å². The summed E-state index contributed by atoms with van der Waals surface area (Å²) in [6, 6.07) is 9.80. The number of hydrogen-bond donors (Lipinski definition) is 1. The van der Waals surface area contributed by atoms with Gasteiger partial charge in [0, 0.05) is 31.3 Å². The fourth-order valence-corrected chi connectivity index (χ4v) is 3.86. The lowest BCUT2D eigenvalue weighted by Gasteiger charge is -2.52. The lowest BCUT2D eigenvalue weighted by atomic mass is 9.69. The minimum atomic E-state index is -0.564. The van der Waals surface area contributed by atoms with E-state index in [4.69, 9.17) is 15.2 Å². The van der Waals surface area contributed by atoms with Crippen molar-refractivity contribution in [2.24, 2.45) is 0 Å². The van der Waals surface area contributed by atoms with Crippen LogP contribution in [0.2, 0.25) is 0 Å². The highest BCUT2D eigenvalue weighted by Crippen LogP contribution is 2.53. The predicted octanol–water partition coefficient (Wildman–Crippen LogP) is 3.86. The molecule has 7 nitrogen and oxygen atoms in total. The highest BCUT2D eigenvalue weighted by molar-refractivity contribution is 5.77. The Bertz CT molecular complexity index is 988. The molecule has 8 heteroatoms. The first-order valence-corrected chi connectivity index (χ1v) is 9.38. The van der Waals surface area contributed by atoms with Gasteiger partial charge < -0.3 is 20.1 Å². The standard InChI is InChI=1S/C21H22FN3O4/c1-24(2)19(26)28-14-7-8-15-17(11-14)29-20(27)25(21(15)9-4-10-21)12-13-5-3-6-16(23)18(13)22/h3,5-8,11H,4,9-10,12,23H2,1-2H3. The van der Waals surface area contributed by atoms with Gasteiger partial charge in [-0.25, -0.2) is 14.0 Å². The van der Waals surface area contributed by atoms with Crippen molar-refractivity contribution in [3.05, 3.63) is 53.3 Å². The van der Waals surface area contributed by atoms with Crippen molar-refractivity contribution in [1.29, 1.82) is 0 Å². The Labute approximate surface area is 167 Å². The zero-order chi connectivity index (χ0) is 20.8. The summed E-state index contributed by atoms with van der Waals surface area (Å²) in [6.45, 7) is 0.0620. The monoisotopic (exact) mass is 399 g/mol. The zero-order valence-corrected chi connectivity index (χ0v) is 16.3. The fraction of sp³-hybridized carbons (Fsp3) is 0.333. The normalized spacial score (nSPS) is 16.7. The molecule has 2 aromatic carbocycles. The Morgan fingerprint density at radius 3 is 2.72 bits per heavy atom. The fourth-order valence-electron chi connectivity index (χ4n) is 3.86. The largest absolute Gasteiger partial charge is 0.416 e. The SMILES string of the molecule is CN(C)C(=O)Oc1ccc2c(c1)OC(=O)N(Cc1cccc(N)c1F)C21CCC1. The van der Waals surface area contributed by atoms with Crippen LogP contribution in [0.3, 0.4) is 0 Å². The molecule has 1 aliphatic carbocycles. The molecule has 0 aromatic heterocycles. The summed E-state index contributed by atoms with van der Waals surface area (Å²) in [4.78, 5) is 27.5. The van der Waals surface area contributed by atoms with Crippen LogP contribution in [-0.4, -0.2) is 36.1 Å². The molecule has 1 aliphatic heterocycles. The summed E-state index contributed by atoms with van der Waals surface area (Å²) < 4.78 is 25.2. The first kappa shape index (κ1) is 19.0. The van der Waals surface area contributed by atoms with Crippen LogP contribution in [0.4, 0.5) is 19.7 Å². The van der Waals surface area contributed by atoms with E-state index >= 15 is 0 Å². The third-order valence-corrected chi connectivity index (χ3v) is 5.58. The molecule has 2 aromatic rings. The molecule has 0 radical (unpaired) electrons. The van der Waals surface area contributed by atoms with Gasteiger partial charge >= 0.3 is 12.2 Å². The van der Waals surface area contributed by atoms with Crippen LogP contribution in [0, 0.1) is 5.82 Å². The smallest absolute Gasteiger partial charge is 0.410 e. The van der Waals surface area contributed by atoms with E-state index in [9.17, 15) is 14.0 Å². The third kappa shape index (κ3) is 3.14. The Kier molecular flexibility index (Phi) is 4.56. The van der Waals surface area contributed by atoms with Crippen LogP contribution in [0.25, 0.3) is 0 Å². The number of ether oxygens (including phenoxy) is 2. The minimum absolute atomic E-state index is 0.0447. The molecule has 0 saturated heterocycles. The maximum Gasteiger partial charge on any atom is 0.416 e. The lowest BCUT2D eigenvalue weighted by molar-refractivity contribution is 0.00114. The maximum atomic E-state index is 14.4. The Morgan fingerprint density at radius 1 is 1.31 bits per heavy atom. The topological polar surface area (TPSA) is 85.1 Å². The number of benzene rings is 2. The summed E-state index contributed by atoms with van der Waals surface area (Å²) in [7, 11) is 3.16. The number of nitrogen functional groups attached to an aromatic ring is 1. The molecule has 152 valence electrons. The molecular weight excluding hydrogens is 377 g/mol. The van der Waals surface area contributed by atoms with Crippen molar-refractivity contribution in [2.45, 2.75) is 31.3 Å². The van der Waals surface area contributed by atoms with Gasteiger partial charge in [0.15, 0.2) is 5.82 Å². The molecule has 1 heterocycles. The number of anilines is 1. The number of amides is 2. The Hall–Kier alpha value is -3.29. The van der Waals surface area contributed by atoms with Gasteiger partial charge in [0.1, 0.15) is 11.5 Å².